The highest BCUT2D eigenvalue weighted by Crippen LogP contribution is 2.41. The van der Waals surface area contributed by atoms with Crippen LogP contribution in [0.1, 0.15) is 48.6 Å². The quantitative estimate of drug-likeness (QED) is 0.654. The van der Waals surface area contributed by atoms with Crippen LogP contribution in [0, 0.1) is 6.92 Å². The van der Waals surface area contributed by atoms with Gasteiger partial charge in [0.25, 0.3) is 0 Å². The zero-order valence-corrected chi connectivity index (χ0v) is 16.6. The van der Waals surface area contributed by atoms with Crippen LogP contribution in [-0.2, 0) is 0 Å². The Labute approximate surface area is 168 Å². The van der Waals surface area contributed by atoms with Gasteiger partial charge in [-0.05, 0) is 74.3 Å². The van der Waals surface area contributed by atoms with E-state index >= 15 is 0 Å². The van der Waals surface area contributed by atoms with E-state index in [1.165, 1.54) is 17.8 Å². The van der Waals surface area contributed by atoms with Crippen LogP contribution in [0.5, 0.6) is 0 Å². The first kappa shape index (κ1) is 17.5. The number of aromatic nitrogens is 5. The predicted octanol–water partition coefficient (Wildman–Crippen LogP) is 4.02. The number of nitrogens with zero attached hydrogens (tertiary/aromatic N) is 5. The molecule has 0 unspecified atom stereocenters. The normalized spacial score (nSPS) is 21.6. The fourth-order valence-electron chi connectivity index (χ4n) is 3.72. The Hall–Kier alpha value is -2.61. The second-order valence-electron chi connectivity index (χ2n) is 7.72. The van der Waals surface area contributed by atoms with E-state index in [-0.39, 0.29) is 0 Å². The number of aryl methyl sites for hydroxylation is 1. The summed E-state index contributed by atoms with van der Waals surface area (Å²) in [5.41, 5.74) is 2.97. The number of nitrogens with one attached hydrogen (secondary N) is 2. The molecule has 2 atom stereocenters. The fourth-order valence-corrected chi connectivity index (χ4v) is 4.51. The second-order valence-corrected chi connectivity index (χ2v) is 8.50. The van der Waals surface area contributed by atoms with E-state index < -0.39 is 0 Å². The van der Waals surface area contributed by atoms with Crippen molar-refractivity contribution in [1.82, 2.24) is 24.5 Å². The van der Waals surface area contributed by atoms with Crippen LogP contribution in [0.15, 0.2) is 30.6 Å². The first-order valence-corrected chi connectivity index (χ1v) is 10.6. The first-order chi connectivity index (χ1) is 13.7. The highest BCUT2D eigenvalue weighted by atomic mass is 32.1. The summed E-state index contributed by atoms with van der Waals surface area (Å²) in [6.45, 7) is 2.03. The van der Waals surface area contributed by atoms with E-state index in [1.54, 1.807) is 17.7 Å². The Bertz CT molecular complexity index is 951. The van der Waals surface area contributed by atoms with Crippen molar-refractivity contribution in [3.63, 3.8) is 0 Å². The largest absolute Gasteiger partial charge is 0.367 e. The van der Waals surface area contributed by atoms with Crippen molar-refractivity contribution < 1.29 is 0 Å². The van der Waals surface area contributed by atoms with Crippen molar-refractivity contribution >= 4 is 23.3 Å². The molecule has 2 aliphatic rings. The third-order valence-electron chi connectivity index (χ3n) is 5.45. The number of rotatable bonds is 6. The molecule has 0 bridgehead atoms. The highest BCUT2D eigenvalue weighted by Gasteiger charge is 2.29. The summed E-state index contributed by atoms with van der Waals surface area (Å²) in [6.07, 6.45) is 9.39. The Morgan fingerprint density at radius 2 is 1.89 bits per heavy atom. The van der Waals surface area contributed by atoms with E-state index in [1.807, 2.05) is 25.3 Å². The molecule has 0 spiro atoms. The molecule has 28 heavy (non-hydrogen) atoms. The number of pyridine rings is 1. The predicted molar refractivity (Wildman–Crippen MR) is 111 cm³/mol. The third kappa shape index (κ3) is 3.82. The van der Waals surface area contributed by atoms with E-state index in [2.05, 4.69) is 41.2 Å². The summed E-state index contributed by atoms with van der Waals surface area (Å²) in [6, 6.07) is 6.87. The van der Waals surface area contributed by atoms with Gasteiger partial charge in [-0.2, -0.15) is 14.6 Å². The lowest BCUT2D eigenvalue weighted by atomic mass is 10.1. The maximum atomic E-state index is 4.64. The Morgan fingerprint density at radius 1 is 1.04 bits per heavy atom. The summed E-state index contributed by atoms with van der Waals surface area (Å²) in [4.78, 5) is 9.22. The Kier molecular flexibility index (Phi) is 4.64. The fraction of sp³-hybridized carbons (Fsp3) is 0.450. The van der Waals surface area contributed by atoms with Gasteiger partial charge in [-0.3, -0.25) is 0 Å². The molecular weight excluding hydrogens is 370 g/mol. The first-order valence-electron chi connectivity index (χ1n) is 9.86. The van der Waals surface area contributed by atoms with Crippen LogP contribution in [-0.4, -0.2) is 36.6 Å². The molecule has 0 aromatic carbocycles. The van der Waals surface area contributed by atoms with Gasteiger partial charge in [-0.25, -0.2) is 9.97 Å². The van der Waals surface area contributed by atoms with Gasteiger partial charge in [0.15, 0.2) is 0 Å². The minimum atomic E-state index is 0.413. The topological polar surface area (TPSA) is 88.5 Å². The Balaban J connectivity index is 1.17. The van der Waals surface area contributed by atoms with E-state index in [4.69, 9.17) is 0 Å². The monoisotopic (exact) mass is 393 g/mol. The summed E-state index contributed by atoms with van der Waals surface area (Å²) in [5, 5.41) is 16.5. The minimum absolute atomic E-state index is 0.413. The Morgan fingerprint density at radius 3 is 2.64 bits per heavy atom. The van der Waals surface area contributed by atoms with Gasteiger partial charge in [0, 0.05) is 36.0 Å². The molecular formula is C20H23N7S. The van der Waals surface area contributed by atoms with Gasteiger partial charge >= 0.3 is 0 Å². The maximum absolute atomic E-state index is 4.64. The molecule has 3 aromatic rings. The standard InChI is InChI=1S/C20H23N7S/c1-12-8-9-22-26-18(12)14-4-7-17(21-11-14)23-15-5-6-16(10-15)24-20-25-19(28-27-20)13-2-3-13/h4,7-9,11,13,15-16H,2-3,5-6,10H2,1H3,(H,21,23)(H,24,27)/t15-,16-/m0/s1. The van der Waals surface area contributed by atoms with Crippen LogP contribution in [0.4, 0.5) is 11.8 Å². The van der Waals surface area contributed by atoms with Gasteiger partial charge < -0.3 is 10.6 Å². The van der Waals surface area contributed by atoms with E-state index in [0.29, 0.717) is 18.0 Å². The van der Waals surface area contributed by atoms with Gasteiger partial charge in [0.1, 0.15) is 10.8 Å². The molecule has 2 fully saturated rings. The van der Waals surface area contributed by atoms with Crippen LogP contribution >= 0.6 is 11.5 Å². The summed E-state index contributed by atoms with van der Waals surface area (Å²) < 4.78 is 4.47. The van der Waals surface area contributed by atoms with Crippen molar-refractivity contribution in [2.75, 3.05) is 10.6 Å². The average Bonchev–Trinajstić information content (AvgIpc) is 3.31. The van der Waals surface area contributed by atoms with Gasteiger partial charge in [-0.1, -0.05) is 0 Å². The lowest BCUT2D eigenvalue weighted by Crippen LogP contribution is -2.21. The van der Waals surface area contributed by atoms with Crippen LogP contribution in [0.2, 0.25) is 0 Å². The molecule has 0 aliphatic heterocycles. The lowest BCUT2D eigenvalue weighted by molar-refractivity contribution is 0.718. The highest BCUT2D eigenvalue weighted by molar-refractivity contribution is 7.05. The molecule has 8 heteroatoms. The number of hydrogen-bond donors (Lipinski definition) is 2. The maximum Gasteiger partial charge on any atom is 0.234 e. The molecule has 7 nitrogen and oxygen atoms in total. The van der Waals surface area contributed by atoms with Crippen molar-refractivity contribution in [2.24, 2.45) is 0 Å². The zero-order chi connectivity index (χ0) is 18.9. The molecule has 2 N–H and O–H groups in total. The molecule has 2 aliphatic carbocycles. The molecule has 5 rings (SSSR count). The van der Waals surface area contributed by atoms with Crippen LogP contribution in [0.3, 0.4) is 0 Å². The van der Waals surface area contributed by atoms with Crippen molar-refractivity contribution in [1.29, 1.82) is 0 Å². The molecule has 0 radical (unpaired) electrons. The molecule has 3 heterocycles. The van der Waals surface area contributed by atoms with E-state index in [0.717, 1.165) is 47.8 Å². The average molecular weight is 394 g/mol. The zero-order valence-electron chi connectivity index (χ0n) is 15.8. The van der Waals surface area contributed by atoms with Gasteiger partial charge in [-0.15, -0.1) is 0 Å². The number of hydrogen-bond acceptors (Lipinski definition) is 8. The molecule has 3 aromatic heterocycles. The van der Waals surface area contributed by atoms with Crippen molar-refractivity contribution in [2.45, 2.75) is 57.0 Å². The van der Waals surface area contributed by atoms with Crippen LogP contribution < -0.4 is 10.6 Å². The molecule has 0 amide bonds. The summed E-state index contributed by atoms with van der Waals surface area (Å²) in [7, 11) is 0. The van der Waals surface area contributed by atoms with Gasteiger partial charge in [0.2, 0.25) is 5.95 Å². The summed E-state index contributed by atoms with van der Waals surface area (Å²) in [5.74, 6) is 2.38. The second kappa shape index (κ2) is 7.43. The lowest BCUT2D eigenvalue weighted by Gasteiger charge is -2.14. The third-order valence-corrected chi connectivity index (χ3v) is 6.32. The van der Waals surface area contributed by atoms with Crippen molar-refractivity contribution in [3.8, 4) is 11.3 Å². The van der Waals surface area contributed by atoms with E-state index in [9.17, 15) is 0 Å². The van der Waals surface area contributed by atoms with Crippen molar-refractivity contribution in [3.05, 3.63) is 41.2 Å². The minimum Gasteiger partial charge on any atom is -0.367 e. The molecule has 0 saturated heterocycles. The van der Waals surface area contributed by atoms with Crippen LogP contribution in [0.25, 0.3) is 11.3 Å². The molecule has 144 valence electrons. The number of anilines is 2. The van der Waals surface area contributed by atoms with Gasteiger partial charge in [0.05, 0.1) is 5.69 Å². The molecule has 2 saturated carbocycles. The SMILES string of the molecule is Cc1ccnnc1-c1ccc(N[C@H]2CC[C@H](Nc3nsc(C4CC4)n3)C2)nc1. The summed E-state index contributed by atoms with van der Waals surface area (Å²) >= 11 is 1.55. The smallest absolute Gasteiger partial charge is 0.234 e.